The molecule has 2 atom stereocenters. The van der Waals surface area contributed by atoms with Gasteiger partial charge < -0.3 is 34.8 Å². The van der Waals surface area contributed by atoms with Gasteiger partial charge in [-0.2, -0.15) is 4.98 Å². The highest BCUT2D eigenvalue weighted by atomic mass is 35.5. The highest BCUT2D eigenvalue weighted by Crippen LogP contribution is 2.45. The number of hydrogen-bond donors (Lipinski definition) is 2. The molecule has 5 rings (SSSR count). The number of amides is 2. The van der Waals surface area contributed by atoms with Gasteiger partial charge in [0.1, 0.15) is 17.1 Å². The van der Waals surface area contributed by atoms with Gasteiger partial charge in [-0.05, 0) is 58.0 Å². The fraction of sp³-hybridized carbons (Fsp3) is 0.350. The van der Waals surface area contributed by atoms with Gasteiger partial charge in [0.2, 0.25) is 17.8 Å². The number of methoxy groups -OCH3 is 2. The Morgan fingerprint density at radius 2 is 1.73 bits per heavy atom. The molecule has 1 aliphatic rings. The number of hydrogen-bond acceptors (Lipinski definition) is 11. The van der Waals surface area contributed by atoms with Crippen LogP contribution in [-0.4, -0.2) is 121 Å². The summed E-state index contributed by atoms with van der Waals surface area (Å²) < 4.78 is 12.5. The summed E-state index contributed by atoms with van der Waals surface area (Å²) >= 11 is 13.6. The highest BCUT2D eigenvalue weighted by Gasteiger charge is 2.36. The van der Waals surface area contributed by atoms with Gasteiger partial charge in [-0.1, -0.05) is 48.0 Å². The second-order valence-electron chi connectivity index (χ2n) is 14.0. The molecule has 0 radical (unpaired) electrons. The van der Waals surface area contributed by atoms with Crippen LogP contribution >= 0.6 is 23.2 Å². The van der Waals surface area contributed by atoms with Gasteiger partial charge in [-0.25, -0.2) is 4.98 Å². The second kappa shape index (κ2) is 18.6. The van der Waals surface area contributed by atoms with E-state index in [9.17, 15) is 19.2 Å². The van der Waals surface area contributed by atoms with Gasteiger partial charge in [0, 0.05) is 66.9 Å². The largest absolute Gasteiger partial charge is 0.495 e. The van der Waals surface area contributed by atoms with Crippen molar-refractivity contribution in [3.05, 3.63) is 93.4 Å². The third-order valence-corrected chi connectivity index (χ3v) is 9.95. The number of aromatic nitrogens is 3. The lowest BCUT2D eigenvalue weighted by Crippen LogP contribution is -2.37. The predicted octanol–water partition coefficient (Wildman–Crippen LogP) is 4.83. The average Bonchev–Trinajstić information content (AvgIpc) is 3.54. The number of nitrogens with one attached hydrogen (secondary N) is 2. The maximum atomic E-state index is 14.7. The van der Waals surface area contributed by atoms with E-state index in [4.69, 9.17) is 37.7 Å². The highest BCUT2D eigenvalue weighted by molar-refractivity contribution is 6.41. The van der Waals surface area contributed by atoms with E-state index >= 15 is 0 Å². The number of nitrogens with zero attached hydrogens (tertiary/aromatic N) is 6. The normalized spacial score (nSPS) is 15.5. The molecule has 2 N–H and O–H groups in total. The van der Waals surface area contributed by atoms with Gasteiger partial charge in [0.15, 0.2) is 5.78 Å². The zero-order chi connectivity index (χ0) is 40.7. The van der Waals surface area contributed by atoms with Crippen molar-refractivity contribution < 1.29 is 23.9 Å². The molecule has 2 amide bonds. The number of halogens is 2. The minimum absolute atomic E-state index is 0.0306. The summed E-state index contributed by atoms with van der Waals surface area (Å²) in [6.45, 7) is 5.17. The van der Waals surface area contributed by atoms with Crippen LogP contribution in [-0.2, 0) is 20.9 Å². The number of allylic oxidation sites excluding steroid dienone is 1. The van der Waals surface area contributed by atoms with Crippen LogP contribution in [0.3, 0.4) is 0 Å². The summed E-state index contributed by atoms with van der Waals surface area (Å²) in [7, 11) is 10.3. The van der Waals surface area contributed by atoms with Crippen molar-refractivity contribution in [3.63, 3.8) is 0 Å². The second-order valence-corrected chi connectivity index (χ2v) is 14.7. The zero-order valence-corrected chi connectivity index (χ0v) is 33.8. The Kier molecular flexibility index (Phi) is 13.9. The molecule has 16 heteroatoms. The number of carbonyl (C=O) groups is 3. The van der Waals surface area contributed by atoms with E-state index in [1.165, 1.54) is 30.9 Å². The molecule has 2 aromatic carbocycles. The molecule has 296 valence electrons. The van der Waals surface area contributed by atoms with Crippen LogP contribution in [0.25, 0.3) is 22.2 Å². The number of anilines is 2. The molecule has 2 aromatic heterocycles. The molecule has 1 aliphatic heterocycles. The first-order chi connectivity index (χ1) is 26.7. The molecule has 4 aromatic rings. The molecule has 0 spiro atoms. The third kappa shape index (κ3) is 9.93. The summed E-state index contributed by atoms with van der Waals surface area (Å²) in [6, 6.07) is 9.93. The number of rotatable bonds is 16. The predicted molar refractivity (Wildman–Crippen MR) is 220 cm³/mol. The Hall–Kier alpha value is -5.28. The van der Waals surface area contributed by atoms with E-state index in [2.05, 4.69) is 22.2 Å². The first-order valence-electron chi connectivity index (χ1n) is 17.8. The monoisotopic (exact) mass is 804 g/mol. The Morgan fingerprint density at radius 3 is 2.38 bits per heavy atom. The van der Waals surface area contributed by atoms with E-state index in [1.807, 2.05) is 39.2 Å². The van der Waals surface area contributed by atoms with Crippen molar-refractivity contribution in [2.75, 3.05) is 79.2 Å². The van der Waals surface area contributed by atoms with E-state index in [0.29, 0.717) is 36.3 Å². The summed E-state index contributed by atoms with van der Waals surface area (Å²) in [4.78, 5) is 67.8. The quantitative estimate of drug-likeness (QED) is 0.150. The number of ether oxygens (including phenoxy) is 2. The fourth-order valence-electron chi connectivity index (χ4n) is 6.48. The number of benzene rings is 2. The third-order valence-electron chi connectivity index (χ3n) is 9.20. The molecule has 56 heavy (non-hydrogen) atoms. The van der Waals surface area contributed by atoms with Gasteiger partial charge in [0.05, 0.1) is 49.0 Å². The van der Waals surface area contributed by atoms with Crippen molar-refractivity contribution in [1.29, 1.82) is 0 Å². The summed E-state index contributed by atoms with van der Waals surface area (Å²) in [5.74, 6) is -0.0246. The Labute approximate surface area is 335 Å². The first kappa shape index (κ1) is 41.9. The summed E-state index contributed by atoms with van der Waals surface area (Å²) in [6.07, 6.45) is 6.26. The molecule has 0 bridgehead atoms. The smallest absolute Gasteiger partial charge is 0.260 e. The number of likely N-dealkylation sites (tertiary alicyclic amines) is 1. The van der Waals surface area contributed by atoms with E-state index < -0.39 is 5.56 Å². The van der Waals surface area contributed by atoms with Crippen LogP contribution in [0.1, 0.15) is 12.0 Å². The van der Waals surface area contributed by atoms with Crippen molar-refractivity contribution in [3.8, 4) is 22.6 Å². The van der Waals surface area contributed by atoms with Crippen LogP contribution in [0.4, 0.5) is 11.6 Å². The molecule has 14 nitrogen and oxygen atoms in total. The lowest BCUT2D eigenvalue weighted by molar-refractivity contribution is -0.131. The number of ketones is 1. The van der Waals surface area contributed by atoms with E-state index in [1.54, 1.807) is 52.4 Å². The average molecular weight is 806 g/mol. The SMILES string of the molecule is C=CC(=O)CC1CN(C(=O)CN(C)C)CC1Nc1ncc2cc(-c3c(Cl)c(OC)cc(OC)c3Cl)c(=O)n(Cc3cccc(NC(=O)/C=C/CN(C)C)c3)c2n1. The van der Waals surface area contributed by atoms with Crippen molar-refractivity contribution >= 4 is 63.5 Å². The molecule has 1 saturated heterocycles. The molecule has 1 fully saturated rings. The molecule has 0 aliphatic carbocycles. The maximum Gasteiger partial charge on any atom is 0.260 e. The lowest BCUT2D eigenvalue weighted by atomic mass is 9.97. The van der Waals surface area contributed by atoms with Crippen LogP contribution in [0.15, 0.2) is 72.2 Å². The van der Waals surface area contributed by atoms with E-state index in [-0.39, 0.29) is 93.3 Å². The standard InChI is InChI=1S/C40H46Cl2N8O6/c1-8-28(51)16-26-21-49(34(53)23-48(4)5)22-30(26)45-40-43-19-25-17-29(35-36(41)31(55-6)18-32(56-7)37(35)42)39(54)50(38(25)46-40)20-24-11-9-12-27(15-24)44-33(52)13-10-14-47(2)3/h8-13,15,17-19,26,30H,1,14,16,20-23H2,2-7H3,(H,44,52)(H,43,45,46)/b13-10+. The Balaban J connectivity index is 1.60. The van der Waals surface area contributed by atoms with Crippen LogP contribution in [0.5, 0.6) is 11.5 Å². The van der Waals surface area contributed by atoms with Gasteiger partial charge >= 0.3 is 0 Å². The molecule has 2 unspecified atom stereocenters. The zero-order valence-electron chi connectivity index (χ0n) is 32.3. The van der Waals surface area contributed by atoms with E-state index in [0.717, 1.165) is 0 Å². The maximum absolute atomic E-state index is 14.7. The fourth-order valence-corrected chi connectivity index (χ4v) is 7.19. The summed E-state index contributed by atoms with van der Waals surface area (Å²) in [5.41, 5.74) is 1.39. The summed E-state index contributed by atoms with van der Waals surface area (Å²) in [5, 5.41) is 6.93. The van der Waals surface area contributed by atoms with Crippen LogP contribution < -0.4 is 25.7 Å². The van der Waals surface area contributed by atoms with Crippen molar-refractivity contribution in [2.45, 2.75) is 19.0 Å². The topological polar surface area (TPSA) is 151 Å². The molecular formula is C40H46Cl2N8O6. The number of fused-ring (bicyclic) bond motifs is 1. The van der Waals surface area contributed by atoms with Gasteiger partial charge in [-0.3, -0.25) is 23.7 Å². The van der Waals surface area contributed by atoms with Gasteiger partial charge in [0.25, 0.3) is 5.56 Å². The number of pyridine rings is 1. The molecular weight excluding hydrogens is 759 g/mol. The van der Waals surface area contributed by atoms with Crippen LogP contribution in [0.2, 0.25) is 10.0 Å². The van der Waals surface area contributed by atoms with Crippen molar-refractivity contribution in [2.24, 2.45) is 5.92 Å². The minimum Gasteiger partial charge on any atom is -0.495 e. The molecule has 3 heterocycles. The van der Waals surface area contributed by atoms with Crippen molar-refractivity contribution in [1.82, 2.24) is 29.2 Å². The Bertz CT molecular complexity index is 2200. The number of likely N-dealkylation sites (N-methyl/N-ethyl adjacent to an activating group) is 2. The number of carbonyl (C=O) groups excluding carboxylic acids is 3. The lowest BCUT2D eigenvalue weighted by Gasteiger charge is -2.20. The Morgan fingerprint density at radius 1 is 1.02 bits per heavy atom. The van der Waals surface area contributed by atoms with Crippen LogP contribution in [0, 0.1) is 5.92 Å². The minimum atomic E-state index is -0.474. The van der Waals surface area contributed by atoms with Gasteiger partial charge in [-0.15, -0.1) is 0 Å². The molecule has 0 saturated carbocycles. The first-order valence-corrected chi connectivity index (χ1v) is 18.5.